The van der Waals surface area contributed by atoms with Gasteiger partial charge in [-0.1, -0.05) is 42.5 Å². The maximum absolute atomic E-state index is 14.6. The van der Waals surface area contributed by atoms with E-state index < -0.39 is 0 Å². The Morgan fingerprint density at radius 2 is 1.73 bits per heavy atom. The lowest BCUT2D eigenvalue weighted by Gasteiger charge is -2.34. The van der Waals surface area contributed by atoms with Crippen LogP contribution in [0.2, 0.25) is 0 Å². The molecule has 0 aliphatic carbocycles. The fourth-order valence-corrected chi connectivity index (χ4v) is 4.30. The van der Waals surface area contributed by atoms with Crippen LogP contribution in [0, 0.1) is 10.6 Å². The predicted molar refractivity (Wildman–Crippen MR) is 120 cm³/mol. The first-order chi connectivity index (χ1) is 14.5. The second-order valence-corrected chi connectivity index (χ2v) is 8.46. The van der Waals surface area contributed by atoms with Crippen molar-refractivity contribution >= 4 is 12.2 Å². The van der Waals surface area contributed by atoms with Crippen LogP contribution in [-0.4, -0.2) is 57.4 Å². The Morgan fingerprint density at radius 3 is 2.43 bits per heavy atom. The van der Waals surface area contributed by atoms with Crippen LogP contribution in [-0.2, 0) is 13.2 Å². The Labute approximate surface area is 182 Å². The molecule has 0 unspecified atom stereocenters. The lowest BCUT2D eigenvalue weighted by atomic mass is 10.0. The highest BCUT2D eigenvalue weighted by Gasteiger charge is 2.22. The molecule has 2 heterocycles. The van der Waals surface area contributed by atoms with Gasteiger partial charge in [0.2, 0.25) is 0 Å². The molecule has 1 aromatic heterocycles. The summed E-state index contributed by atoms with van der Waals surface area (Å²) in [5, 5.41) is 4.77. The molecule has 158 valence electrons. The van der Waals surface area contributed by atoms with Gasteiger partial charge in [-0.3, -0.25) is 9.47 Å². The Balaban J connectivity index is 1.67. The number of likely N-dealkylation sites (tertiary alicyclic amines) is 1. The molecule has 1 aliphatic heterocycles. The van der Waals surface area contributed by atoms with Crippen molar-refractivity contribution in [1.82, 2.24) is 24.1 Å². The standard InChI is InChI=1S/C23H28FN5S/c1-26-14-12-19(13-15-26)27(2)17-29-23(30)28(16-18-8-4-3-5-9-18)22(25-29)20-10-6-7-11-21(20)24/h3-11,19H,12-17H2,1-2H3. The van der Waals surface area contributed by atoms with Crippen LogP contribution in [0.15, 0.2) is 54.6 Å². The van der Waals surface area contributed by atoms with Gasteiger partial charge in [0, 0.05) is 6.04 Å². The van der Waals surface area contributed by atoms with E-state index in [9.17, 15) is 4.39 Å². The minimum Gasteiger partial charge on any atom is -0.306 e. The van der Waals surface area contributed by atoms with Crippen LogP contribution in [0.5, 0.6) is 0 Å². The van der Waals surface area contributed by atoms with Gasteiger partial charge in [-0.15, -0.1) is 0 Å². The molecule has 0 atom stereocenters. The van der Waals surface area contributed by atoms with Gasteiger partial charge in [0.05, 0.1) is 18.8 Å². The number of nitrogens with zero attached hydrogens (tertiary/aromatic N) is 5. The molecule has 0 amide bonds. The molecule has 0 bridgehead atoms. The average molecular weight is 426 g/mol. The van der Waals surface area contributed by atoms with Gasteiger partial charge in [-0.05, 0) is 69.9 Å². The van der Waals surface area contributed by atoms with Crippen molar-refractivity contribution in [2.75, 3.05) is 27.2 Å². The zero-order valence-corrected chi connectivity index (χ0v) is 18.4. The van der Waals surface area contributed by atoms with Gasteiger partial charge >= 0.3 is 0 Å². The number of rotatable bonds is 6. The molecule has 7 heteroatoms. The summed E-state index contributed by atoms with van der Waals surface area (Å²) in [5.41, 5.74) is 1.58. The number of halogens is 1. The van der Waals surface area contributed by atoms with E-state index in [0.29, 0.717) is 35.4 Å². The second kappa shape index (κ2) is 9.20. The molecule has 1 fully saturated rings. The lowest BCUT2D eigenvalue weighted by molar-refractivity contribution is 0.113. The Hall–Kier alpha value is -2.35. The maximum atomic E-state index is 14.6. The molecule has 0 saturated carbocycles. The third-order valence-corrected chi connectivity index (χ3v) is 6.32. The first-order valence-electron chi connectivity index (χ1n) is 10.4. The molecule has 1 saturated heterocycles. The lowest BCUT2D eigenvalue weighted by Crippen LogP contribution is -2.42. The average Bonchev–Trinajstić information content (AvgIpc) is 3.05. The van der Waals surface area contributed by atoms with Gasteiger partial charge < -0.3 is 4.90 Å². The van der Waals surface area contributed by atoms with Crippen LogP contribution < -0.4 is 0 Å². The first kappa shape index (κ1) is 20.9. The SMILES string of the molecule is CN1CCC(N(C)Cn2nc(-c3ccccc3F)n(Cc3ccccc3)c2=S)CC1. The third-order valence-electron chi connectivity index (χ3n) is 5.89. The first-order valence-corrected chi connectivity index (χ1v) is 10.8. The molecule has 3 aromatic rings. The van der Waals surface area contributed by atoms with Crippen molar-refractivity contribution in [3.63, 3.8) is 0 Å². The van der Waals surface area contributed by atoms with Crippen LogP contribution >= 0.6 is 12.2 Å². The molecule has 0 spiro atoms. The Bertz CT molecular complexity index is 1040. The quantitative estimate of drug-likeness (QED) is 0.552. The molecule has 30 heavy (non-hydrogen) atoms. The van der Waals surface area contributed by atoms with Crippen LogP contribution in [0.1, 0.15) is 18.4 Å². The van der Waals surface area contributed by atoms with Crippen molar-refractivity contribution in [2.45, 2.75) is 32.1 Å². The highest BCUT2D eigenvalue weighted by molar-refractivity contribution is 7.71. The van der Waals surface area contributed by atoms with Crippen LogP contribution in [0.25, 0.3) is 11.4 Å². The number of hydrogen-bond donors (Lipinski definition) is 0. The van der Waals surface area contributed by atoms with Gasteiger partial charge in [0.15, 0.2) is 10.6 Å². The predicted octanol–water partition coefficient (Wildman–Crippen LogP) is 4.25. The maximum Gasteiger partial charge on any atom is 0.199 e. The van der Waals surface area contributed by atoms with Crippen LogP contribution in [0.4, 0.5) is 4.39 Å². The molecule has 1 aliphatic rings. The van der Waals surface area contributed by atoms with E-state index in [1.54, 1.807) is 12.1 Å². The molecule has 0 radical (unpaired) electrons. The van der Waals surface area contributed by atoms with Crippen molar-refractivity contribution in [1.29, 1.82) is 0 Å². The van der Waals surface area contributed by atoms with Crippen molar-refractivity contribution in [3.8, 4) is 11.4 Å². The molecule has 5 nitrogen and oxygen atoms in total. The number of benzene rings is 2. The van der Waals surface area contributed by atoms with E-state index in [0.717, 1.165) is 31.5 Å². The summed E-state index contributed by atoms with van der Waals surface area (Å²) in [6, 6.07) is 17.3. The van der Waals surface area contributed by atoms with E-state index in [1.165, 1.54) is 6.07 Å². The summed E-state index contributed by atoms with van der Waals surface area (Å²) in [4.78, 5) is 4.68. The summed E-state index contributed by atoms with van der Waals surface area (Å²) >= 11 is 5.80. The van der Waals surface area contributed by atoms with Gasteiger partial charge in [-0.25, -0.2) is 9.07 Å². The van der Waals surface area contributed by atoms with Crippen molar-refractivity contribution in [3.05, 3.63) is 70.7 Å². The fraction of sp³-hybridized carbons (Fsp3) is 0.391. The fourth-order valence-electron chi connectivity index (χ4n) is 4.05. The molecular weight excluding hydrogens is 397 g/mol. The highest BCUT2D eigenvalue weighted by Crippen LogP contribution is 2.23. The summed E-state index contributed by atoms with van der Waals surface area (Å²) in [7, 11) is 4.29. The zero-order chi connectivity index (χ0) is 21.1. The minimum absolute atomic E-state index is 0.289. The smallest absolute Gasteiger partial charge is 0.199 e. The number of hydrogen-bond acceptors (Lipinski definition) is 4. The second-order valence-electron chi connectivity index (χ2n) is 8.09. The normalized spacial score (nSPS) is 15.7. The molecule has 4 rings (SSSR count). The van der Waals surface area contributed by atoms with Crippen molar-refractivity contribution in [2.24, 2.45) is 0 Å². The van der Waals surface area contributed by atoms with E-state index in [1.807, 2.05) is 33.5 Å². The summed E-state index contributed by atoms with van der Waals surface area (Å²) in [6.07, 6.45) is 2.26. The van der Waals surface area contributed by atoms with Gasteiger partial charge in [0.25, 0.3) is 0 Å². The Morgan fingerprint density at radius 1 is 1.07 bits per heavy atom. The van der Waals surface area contributed by atoms with Crippen molar-refractivity contribution < 1.29 is 4.39 Å². The Kier molecular flexibility index (Phi) is 6.41. The molecule has 2 aromatic carbocycles. The summed E-state index contributed by atoms with van der Waals surface area (Å²) < 4.78 is 19.0. The highest BCUT2D eigenvalue weighted by atomic mass is 32.1. The summed E-state index contributed by atoms with van der Waals surface area (Å²) in [5.74, 6) is 0.279. The molecule has 0 N–H and O–H groups in total. The monoisotopic (exact) mass is 425 g/mol. The van der Waals surface area contributed by atoms with E-state index in [-0.39, 0.29) is 5.82 Å². The minimum atomic E-state index is -0.289. The topological polar surface area (TPSA) is 29.2 Å². The molecular formula is C23H28FN5S. The van der Waals surface area contributed by atoms with E-state index in [2.05, 4.69) is 36.0 Å². The number of piperidine rings is 1. The van der Waals surface area contributed by atoms with E-state index in [4.69, 9.17) is 17.3 Å². The summed E-state index contributed by atoms with van der Waals surface area (Å²) in [6.45, 7) is 3.35. The number of aromatic nitrogens is 3. The van der Waals surface area contributed by atoms with Gasteiger partial charge in [0.1, 0.15) is 5.82 Å². The largest absolute Gasteiger partial charge is 0.306 e. The van der Waals surface area contributed by atoms with E-state index >= 15 is 0 Å². The zero-order valence-electron chi connectivity index (χ0n) is 17.5. The van der Waals surface area contributed by atoms with Crippen LogP contribution in [0.3, 0.4) is 0 Å². The third kappa shape index (κ3) is 4.53. The van der Waals surface area contributed by atoms with Gasteiger partial charge in [-0.2, -0.15) is 5.10 Å².